The zero-order valence-corrected chi connectivity index (χ0v) is 14.1. The van der Waals surface area contributed by atoms with E-state index in [0.717, 1.165) is 12.7 Å². The van der Waals surface area contributed by atoms with Gasteiger partial charge in [0, 0.05) is 19.5 Å². The molecule has 0 aliphatic carbocycles. The van der Waals surface area contributed by atoms with Crippen LogP contribution in [0.5, 0.6) is 5.75 Å². The van der Waals surface area contributed by atoms with Gasteiger partial charge in [0.15, 0.2) is 0 Å². The highest BCUT2D eigenvalue weighted by Crippen LogP contribution is 2.21. The van der Waals surface area contributed by atoms with E-state index in [4.69, 9.17) is 4.74 Å². The number of benzene rings is 1. The quantitative estimate of drug-likeness (QED) is 0.749. The number of carbonyl (C=O) groups is 1. The van der Waals surface area contributed by atoms with E-state index in [-0.39, 0.29) is 12.5 Å². The molecule has 1 amide bonds. The van der Waals surface area contributed by atoms with Gasteiger partial charge in [0.05, 0.1) is 19.1 Å². The van der Waals surface area contributed by atoms with Gasteiger partial charge in [0.1, 0.15) is 5.75 Å². The Morgan fingerprint density at radius 3 is 2.41 bits per heavy atom. The topological polar surface area (TPSA) is 75.7 Å². The van der Waals surface area contributed by atoms with Gasteiger partial charge in [0.25, 0.3) is 0 Å². The maximum atomic E-state index is 11.9. The van der Waals surface area contributed by atoms with Gasteiger partial charge in [-0.3, -0.25) is 9.10 Å². The van der Waals surface area contributed by atoms with Crippen LogP contribution in [0.4, 0.5) is 5.69 Å². The number of rotatable bonds is 9. The number of hydrogen-bond acceptors (Lipinski definition) is 4. The Balaban J connectivity index is 2.68. The molecule has 0 saturated carbocycles. The van der Waals surface area contributed by atoms with Gasteiger partial charge in [-0.1, -0.05) is 6.92 Å². The zero-order chi connectivity index (χ0) is 16.6. The molecule has 124 valence electrons. The number of anilines is 1. The molecule has 0 heterocycles. The van der Waals surface area contributed by atoms with Crippen LogP contribution in [0.1, 0.15) is 26.2 Å². The number of nitrogens with zero attached hydrogens (tertiary/aromatic N) is 1. The molecular weight excluding hydrogens is 304 g/mol. The lowest BCUT2D eigenvalue weighted by molar-refractivity contribution is -0.121. The van der Waals surface area contributed by atoms with E-state index < -0.39 is 10.0 Å². The normalized spacial score (nSPS) is 11.0. The average molecular weight is 328 g/mol. The second kappa shape index (κ2) is 8.63. The summed E-state index contributed by atoms with van der Waals surface area (Å²) >= 11 is 0. The number of sulfonamides is 1. The fourth-order valence-corrected chi connectivity index (χ4v) is 2.94. The van der Waals surface area contributed by atoms with E-state index in [9.17, 15) is 13.2 Å². The van der Waals surface area contributed by atoms with Crippen LogP contribution in [0, 0.1) is 0 Å². The summed E-state index contributed by atoms with van der Waals surface area (Å²) in [7, 11) is -1.84. The molecular formula is C15H24N2O4S. The largest absolute Gasteiger partial charge is 0.497 e. The van der Waals surface area contributed by atoms with Crippen LogP contribution in [0.15, 0.2) is 24.3 Å². The lowest BCUT2D eigenvalue weighted by Gasteiger charge is -2.22. The predicted octanol–water partition coefficient (Wildman–Crippen LogP) is 1.77. The summed E-state index contributed by atoms with van der Waals surface area (Å²) in [4.78, 5) is 11.6. The summed E-state index contributed by atoms with van der Waals surface area (Å²) in [6, 6.07) is 6.80. The molecule has 0 bridgehead atoms. The third-order valence-corrected chi connectivity index (χ3v) is 4.29. The molecule has 0 unspecified atom stereocenters. The predicted molar refractivity (Wildman–Crippen MR) is 87.7 cm³/mol. The van der Waals surface area contributed by atoms with E-state index in [0.29, 0.717) is 30.8 Å². The van der Waals surface area contributed by atoms with Gasteiger partial charge >= 0.3 is 0 Å². The number of ether oxygens (including phenoxy) is 1. The highest BCUT2D eigenvalue weighted by molar-refractivity contribution is 7.92. The molecule has 0 fully saturated rings. The van der Waals surface area contributed by atoms with E-state index >= 15 is 0 Å². The Bertz CT molecular complexity index is 570. The lowest BCUT2D eigenvalue weighted by Crippen LogP contribution is -2.32. The molecule has 0 atom stereocenters. The van der Waals surface area contributed by atoms with E-state index in [1.54, 1.807) is 31.4 Å². The monoisotopic (exact) mass is 328 g/mol. The van der Waals surface area contributed by atoms with E-state index in [1.165, 1.54) is 4.31 Å². The number of carbonyl (C=O) groups excluding carboxylic acids is 1. The molecule has 1 aromatic rings. The summed E-state index contributed by atoms with van der Waals surface area (Å²) in [5.41, 5.74) is 0.567. The molecule has 1 aromatic carbocycles. The minimum atomic E-state index is -3.39. The van der Waals surface area contributed by atoms with Crippen molar-refractivity contribution in [2.24, 2.45) is 0 Å². The third-order valence-electron chi connectivity index (χ3n) is 3.10. The van der Waals surface area contributed by atoms with Gasteiger partial charge < -0.3 is 10.1 Å². The van der Waals surface area contributed by atoms with Crippen molar-refractivity contribution in [3.8, 4) is 5.75 Å². The van der Waals surface area contributed by atoms with Crippen molar-refractivity contribution in [1.82, 2.24) is 5.32 Å². The van der Waals surface area contributed by atoms with Crippen LogP contribution in [-0.2, 0) is 14.8 Å². The standard InChI is InChI=1S/C15H24N2O4S/c1-4-11-16-15(18)6-5-12-17(22(3,19)20)13-7-9-14(21-2)10-8-13/h7-10H,4-6,11-12H2,1-3H3,(H,16,18). The molecule has 0 aliphatic rings. The number of methoxy groups -OCH3 is 1. The second-order valence-electron chi connectivity index (χ2n) is 4.99. The van der Waals surface area contributed by atoms with Crippen LogP contribution in [0.25, 0.3) is 0 Å². The molecule has 0 saturated heterocycles. The first-order valence-electron chi connectivity index (χ1n) is 7.27. The Hall–Kier alpha value is -1.76. The summed E-state index contributed by atoms with van der Waals surface area (Å²) in [5.74, 6) is 0.612. The van der Waals surface area contributed by atoms with Crippen molar-refractivity contribution in [3.05, 3.63) is 24.3 Å². The molecule has 0 aromatic heterocycles. The lowest BCUT2D eigenvalue weighted by atomic mass is 10.2. The van der Waals surface area contributed by atoms with E-state index in [2.05, 4.69) is 5.32 Å². The highest BCUT2D eigenvalue weighted by atomic mass is 32.2. The molecule has 1 N–H and O–H groups in total. The van der Waals surface area contributed by atoms with Crippen molar-refractivity contribution in [2.75, 3.05) is 30.8 Å². The Morgan fingerprint density at radius 1 is 1.27 bits per heavy atom. The van der Waals surface area contributed by atoms with Crippen LogP contribution in [0.3, 0.4) is 0 Å². The average Bonchev–Trinajstić information content (AvgIpc) is 2.48. The van der Waals surface area contributed by atoms with Gasteiger partial charge in [-0.2, -0.15) is 0 Å². The smallest absolute Gasteiger partial charge is 0.232 e. The minimum Gasteiger partial charge on any atom is -0.497 e. The first kappa shape index (κ1) is 18.3. The van der Waals surface area contributed by atoms with Gasteiger partial charge in [-0.15, -0.1) is 0 Å². The van der Waals surface area contributed by atoms with Gasteiger partial charge in [0.2, 0.25) is 15.9 Å². The summed E-state index contributed by atoms with van der Waals surface area (Å²) in [6.07, 6.45) is 2.82. The molecule has 1 rings (SSSR count). The minimum absolute atomic E-state index is 0.0509. The summed E-state index contributed by atoms with van der Waals surface area (Å²) < 4.78 is 30.2. The fourth-order valence-electron chi connectivity index (χ4n) is 1.97. The van der Waals surface area contributed by atoms with Crippen LogP contribution >= 0.6 is 0 Å². The Labute approximate surface area is 132 Å². The van der Waals surface area contributed by atoms with Gasteiger partial charge in [-0.25, -0.2) is 8.42 Å². The molecule has 0 aliphatic heterocycles. The number of nitrogens with one attached hydrogen (secondary N) is 1. The van der Waals surface area contributed by atoms with Gasteiger partial charge in [-0.05, 0) is 37.1 Å². The van der Waals surface area contributed by atoms with Crippen molar-refractivity contribution in [1.29, 1.82) is 0 Å². The van der Waals surface area contributed by atoms with Crippen molar-refractivity contribution >= 4 is 21.6 Å². The first-order valence-corrected chi connectivity index (χ1v) is 9.11. The van der Waals surface area contributed by atoms with Crippen LogP contribution < -0.4 is 14.4 Å². The zero-order valence-electron chi connectivity index (χ0n) is 13.3. The van der Waals surface area contributed by atoms with Crippen molar-refractivity contribution < 1.29 is 17.9 Å². The summed E-state index contributed by atoms with van der Waals surface area (Å²) in [6.45, 7) is 2.90. The highest BCUT2D eigenvalue weighted by Gasteiger charge is 2.17. The Kier molecular flexibility index (Phi) is 7.17. The molecule has 0 radical (unpaired) electrons. The Morgan fingerprint density at radius 2 is 1.91 bits per heavy atom. The SMILES string of the molecule is CCCNC(=O)CCCN(c1ccc(OC)cc1)S(C)(=O)=O. The molecule has 6 nitrogen and oxygen atoms in total. The third kappa shape index (κ3) is 5.93. The van der Waals surface area contributed by atoms with E-state index in [1.807, 2.05) is 6.92 Å². The van der Waals surface area contributed by atoms with Crippen LogP contribution in [-0.4, -0.2) is 40.8 Å². The molecule has 7 heteroatoms. The second-order valence-corrected chi connectivity index (χ2v) is 6.89. The first-order chi connectivity index (χ1) is 10.4. The van der Waals surface area contributed by atoms with Crippen LogP contribution in [0.2, 0.25) is 0 Å². The molecule has 0 spiro atoms. The number of hydrogen-bond donors (Lipinski definition) is 1. The van der Waals surface area contributed by atoms with Crippen molar-refractivity contribution in [3.63, 3.8) is 0 Å². The van der Waals surface area contributed by atoms with Crippen molar-refractivity contribution in [2.45, 2.75) is 26.2 Å². The molecule has 22 heavy (non-hydrogen) atoms. The maximum Gasteiger partial charge on any atom is 0.232 e. The maximum absolute atomic E-state index is 11.9. The number of amides is 1. The summed E-state index contributed by atoms with van der Waals surface area (Å²) in [5, 5.41) is 2.78. The fraction of sp³-hybridized carbons (Fsp3) is 0.533.